The Kier molecular flexibility index (Phi) is 6.16. The van der Waals surface area contributed by atoms with Crippen LogP contribution in [-0.4, -0.2) is 28.6 Å². The first-order valence-corrected chi connectivity index (χ1v) is 6.57. The van der Waals surface area contributed by atoms with Gasteiger partial charge in [-0.1, -0.05) is 23.7 Å². The minimum atomic E-state index is -0.731. The van der Waals surface area contributed by atoms with E-state index in [-0.39, 0.29) is 6.42 Å². The van der Waals surface area contributed by atoms with Crippen LogP contribution in [0.5, 0.6) is 0 Å². The standard InChI is InChI=1S/C14H20ClNO2/c1-11(2)16(9-3-4-14(17)18)10-12-5-7-13(15)8-6-12/h5-8,11H,3-4,9-10H2,1-2H3,(H,17,18). The van der Waals surface area contributed by atoms with Crippen molar-refractivity contribution in [2.75, 3.05) is 6.54 Å². The zero-order chi connectivity index (χ0) is 13.5. The highest BCUT2D eigenvalue weighted by Gasteiger charge is 2.10. The Morgan fingerprint density at radius 1 is 1.33 bits per heavy atom. The predicted molar refractivity (Wildman–Crippen MR) is 73.9 cm³/mol. The molecule has 1 aromatic carbocycles. The van der Waals surface area contributed by atoms with Crippen molar-refractivity contribution in [2.24, 2.45) is 0 Å². The van der Waals surface area contributed by atoms with Gasteiger partial charge in [-0.15, -0.1) is 0 Å². The molecule has 0 atom stereocenters. The number of carbonyl (C=O) groups is 1. The van der Waals surface area contributed by atoms with Crippen molar-refractivity contribution in [1.82, 2.24) is 4.90 Å². The van der Waals surface area contributed by atoms with E-state index < -0.39 is 5.97 Å². The molecule has 0 fully saturated rings. The molecular weight excluding hydrogens is 250 g/mol. The van der Waals surface area contributed by atoms with Gasteiger partial charge in [-0.2, -0.15) is 0 Å². The van der Waals surface area contributed by atoms with Gasteiger partial charge in [0.25, 0.3) is 0 Å². The lowest BCUT2D eigenvalue weighted by Gasteiger charge is -2.26. The van der Waals surface area contributed by atoms with E-state index in [4.69, 9.17) is 16.7 Å². The topological polar surface area (TPSA) is 40.5 Å². The Balaban J connectivity index is 2.52. The number of hydrogen-bond acceptors (Lipinski definition) is 2. The summed E-state index contributed by atoms with van der Waals surface area (Å²) in [7, 11) is 0. The first-order chi connectivity index (χ1) is 8.49. The molecule has 1 aromatic rings. The van der Waals surface area contributed by atoms with Crippen LogP contribution in [0, 0.1) is 0 Å². The molecule has 0 radical (unpaired) electrons. The molecule has 0 aliphatic carbocycles. The zero-order valence-electron chi connectivity index (χ0n) is 10.9. The molecule has 0 heterocycles. The third-order valence-electron chi connectivity index (χ3n) is 2.87. The van der Waals surface area contributed by atoms with Gasteiger partial charge in [0, 0.05) is 24.0 Å². The molecule has 4 heteroatoms. The van der Waals surface area contributed by atoms with Crippen molar-refractivity contribution in [3.63, 3.8) is 0 Å². The predicted octanol–water partition coefficient (Wildman–Crippen LogP) is 3.42. The zero-order valence-corrected chi connectivity index (χ0v) is 11.7. The summed E-state index contributed by atoms with van der Waals surface area (Å²) in [6, 6.07) is 8.18. The Hall–Kier alpha value is -1.06. The van der Waals surface area contributed by atoms with Crippen molar-refractivity contribution in [3.8, 4) is 0 Å². The molecule has 0 spiro atoms. The molecule has 3 nitrogen and oxygen atoms in total. The van der Waals surface area contributed by atoms with E-state index in [9.17, 15) is 4.79 Å². The van der Waals surface area contributed by atoms with E-state index in [0.717, 1.165) is 18.1 Å². The van der Waals surface area contributed by atoms with Crippen LogP contribution in [0.25, 0.3) is 0 Å². The van der Waals surface area contributed by atoms with Gasteiger partial charge >= 0.3 is 5.97 Å². The molecule has 0 bridgehead atoms. The van der Waals surface area contributed by atoms with Crippen LogP contribution in [0.2, 0.25) is 5.02 Å². The minimum Gasteiger partial charge on any atom is -0.481 e. The van der Waals surface area contributed by atoms with Crippen LogP contribution in [0.4, 0.5) is 0 Å². The second-order valence-corrected chi connectivity index (χ2v) is 5.12. The van der Waals surface area contributed by atoms with Crippen LogP contribution in [0.3, 0.4) is 0 Å². The second kappa shape index (κ2) is 7.39. The molecule has 0 unspecified atom stereocenters. The van der Waals surface area contributed by atoms with Crippen LogP contribution in [0.1, 0.15) is 32.3 Å². The van der Waals surface area contributed by atoms with Gasteiger partial charge in [-0.25, -0.2) is 0 Å². The summed E-state index contributed by atoms with van der Waals surface area (Å²) in [5.41, 5.74) is 1.20. The van der Waals surface area contributed by atoms with Gasteiger partial charge in [-0.3, -0.25) is 9.69 Å². The molecule has 0 aromatic heterocycles. The number of carboxylic acid groups (broad SMARTS) is 1. The molecule has 0 aliphatic rings. The summed E-state index contributed by atoms with van der Waals surface area (Å²) in [5.74, 6) is -0.731. The lowest BCUT2D eigenvalue weighted by Crippen LogP contribution is -2.31. The van der Waals surface area contributed by atoms with Gasteiger partial charge in [0.15, 0.2) is 0 Å². The van der Waals surface area contributed by atoms with Gasteiger partial charge in [0.05, 0.1) is 0 Å². The number of aliphatic carboxylic acids is 1. The van der Waals surface area contributed by atoms with E-state index in [1.807, 2.05) is 24.3 Å². The van der Waals surface area contributed by atoms with Crippen molar-refractivity contribution >= 4 is 17.6 Å². The maximum absolute atomic E-state index is 10.5. The number of carboxylic acids is 1. The lowest BCUT2D eigenvalue weighted by molar-refractivity contribution is -0.137. The van der Waals surface area contributed by atoms with Gasteiger partial charge < -0.3 is 5.11 Å². The normalized spacial score (nSPS) is 11.2. The smallest absolute Gasteiger partial charge is 0.303 e. The fraction of sp³-hybridized carbons (Fsp3) is 0.500. The number of hydrogen-bond donors (Lipinski definition) is 1. The third-order valence-corrected chi connectivity index (χ3v) is 3.12. The van der Waals surface area contributed by atoms with Crippen molar-refractivity contribution < 1.29 is 9.90 Å². The Bertz CT molecular complexity index is 376. The van der Waals surface area contributed by atoms with Crippen molar-refractivity contribution in [3.05, 3.63) is 34.9 Å². The first kappa shape index (κ1) is 15.0. The monoisotopic (exact) mass is 269 g/mol. The third kappa shape index (κ3) is 5.52. The molecule has 100 valence electrons. The number of rotatable bonds is 7. The van der Waals surface area contributed by atoms with Crippen molar-refractivity contribution in [2.45, 2.75) is 39.3 Å². The highest BCUT2D eigenvalue weighted by atomic mass is 35.5. The summed E-state index contributed by atoms with van der Waals surface area (Å²) in [6.45, 7) is 5.87. The minimum absolute atomic E-state index is 0.226. The fourth-order valence-electron chi connectivity index (χ4n) is 1.78. The van der Waals surface area contributed by atoms with E-state index in [1.165, 1.54) is 5.56 Å². The Morgan fingerprint density at radius 2 is 1.94 bits per heavy atom. The van der Waals surface area contributed by atoms with Crippen molar-refractivity contribution in [1.29, 1.82) is 0 Å². The molecule has 0 saturated heterocycles. The Labute approximate surface area is 113 Å². The molecule has 18 heavy (non-hydrogen) atoms. The molecule has 0 aliphatic heterocycles. The molecule has 0 saturated carbocycles. The van der Waals surface area contributed by atoms with Crippen LogP contribution >= 0.6 is 11.6 Å². The van der Waals surface area contributed by atoms with Gasteiger partial charge in [0.1, 0.15) is 0 Å². The maximum Gasteiger partial charge on any atom is 0.303 e. The second-order valence-electron chi connectivity index (χ2n) is 4.69. The summed E-state index contributed by atoms with van der Waals surface area (Å²) in [5, 5.41) is 9.39. The van der Waals surface area contributed by atoms with Gasteiger partial charge in [-0.05, 0) is 44.5 Å². The quantitative estimate of drug-likeness (QED) is 0.825. The summed E-state index contributed by atoms with van der Waals surface area (Å²) in [6.07, 6.45) is 0.908. The van der Waals surface area contributed by atoms with Crippen LogP contribution < -0.4 is 0 Å². The first-order valence-electron chi connectivity index (χ1n) is 6.19. The largest absolute Gasteiger partial charge is 0.481 e. The summed E-state index contributed by atoms with van der Waals surface area (Å²) >= 11 is 5.85. The lowest BCUT2D eigenvalue weighted by atomic mass is 10.1. The van der Waals surface area contributed by atoms with Crippen LogP contribution in [0.15, 0.2) is 24.3 Å². The Morgan fingerprint density at radius 3 is 2.44 bits per heavy atom. The van der Waals surface area contributed by atoms with Gasteiger partial charge in [0.2, 0.25) is 0 Å². The molecule has 1 N–H and O–H groups in total. The number of nitrogens with zero attached hydrogens (tertiary/aromatic N) is 1. The average Bonchev–Trinajstić information content (AvgIpc) is 2.30. The van der Waals surface area contributed by atoms with E-state index in [2.05, 4.69) is 18.7 Å². The average molecular weight is 270 g/mol. The molecular formula is C14H20ClNO2. The fourth-order valence-corrected chi connectivity index (χ4v) is 1.90. The molecule has 1 rings (SSSR count). The highest BCUT2D eigenvalue weighted by molar-refractivity contribution is 6.30. The SMILES string of the molecule is CC(C)N(CCCC(=O)O)Cc1ccc(Cl)cc1. The number of halogens is 1. The van der Waals surface area contributed by atoms with E-state index >= 15 is 0 Å². The summed E-state index contributed by atoms with van der Waals surface area (Å²) in [4.78, 5) is 12.8. The van der Waals surface area contributed by atoms with Crippen LogP contribution in [-0.2, 0) is 11.3 Å². The number of benzene rings is 1. The summed E-state index contributed by atoms with van der Waals surface area (Å²) < 4.78 is 0. The maximum atomic E-state index is 10.5. The highest BCUT2D eigenvalue weighted by Crippen LogP contribution is 2.13. The van der Waals surface area contributed by atoms with E-state index in [1.54, 1.807) is 0 Å². The van der Waals surface area contributed by atoms with E-state index in [0.29, 0.717) is 12.5 Å². The molecule has 0 amide bonds.